The molecule has 0 aliphatic carbocycles. The number of urea groups is 1. The minimum Gasteiger partial charge on any atom is -0.503 e. The van der Waals surface area contributed by atoms with Gasteiger partial charge in [-0.3, -0.25) is 0 Å². The molecule has 8 nitrogen and oxygen atoms in total. The number of rotatable bonds is 8. The number of morpholine rings is 1. The first-order valence-electron chi connectivity index (χ1n) is 8.27. The molecular formula is C16H23F2N3O5. The fraction of sp³-hybridized carbons (Fsp3) is 0.562. The zero-order valence-corrected chi connectivity index (χ0v) is 14.2. The van der Waals surface area contributed by atoms with Crippen LogP contribution in [0.4, 0.5) is 13.6 Å². The average molecular weight is 375 g/mol. The number of amides is 2. The lowest BCUT2D eigenvalue weighted by Gasteiger charge is -2.27. The van der Waals surface area contributed by atoms with E-state index in [9.17, 15) is 18.7 Å². The molecule has 0 saturated carbocycles. The van der Waals surface area contributed by atoms with Crippen LogP contribution in [0.1, 0.15) is 0 Å². The Bertz CT molecular complexity index is 576. The van der Waals surface area contributed by atoms with Crippen molar-refractivity contribution in [2.24, 2.45) is 0 Å². The molecule has 146 valence electrons. The molecule has 1 aromatic rings. The summed E-state index contributed by atoms with van der Waals surface area (Å²) in [6.45, 7) is 3.02. The number of aliphatic hydroxyl groups excluding tert-OH is 1. The minimum absolute atomic E-state index is 0.130. The molecule has 2 amide bonds. The molecule has 2 rings (SSSR count). The van der Waals surface area contributed by atoms with E-state index in [0.717, 1.165) is 12.1 Å². The second-order valence-electron chi connectivity index (χ2n) is 5.74. The summed E-state index contributed by atoms with van der Waals surface area (Å²) in [4.78, 5) is 13.5. The third-order valence-corrected chi connectivity index (χ3v) is 3.69. The number of aromatic hydroxyl groups is 1. The highest BCUT2D eigenvalue weighted by Gasteiger charge is 2.16. The van der Waals surface area contributed by atoms with Gasteiger partial charge in [0, 0.05) is 44.9 Å². The molecule has 10 heteroatoms. The Kier molecular flexibility index (Phi) is 7.82. The zero-order chi connectivity index (χ0) is 18.9. The van der Waals surface area contributed by atoms with Gasteiger partial charge in [-0.25, -0.2) is 13.6 Å². The predicted octanol–water partition coefficient (Wildman–Crippen LogP) is 0.0415. The van der Waals surface area contributed by atoms with Gasteiger partial charge in [-0.15, -0.1) is 0 Å². The van der Waals surface area contributed by atoms with Gasteiger partial charge in [-0.05, 0) is 0 Å². The van der Waals surface area contributed by atoms with Gasteiger partial charge in [0.2, 0.25) is 0 Å². The van der Waals surface area contributed by atoms with Crippen LogP contribution < -0.4 is 15.4 Å². The summed E-state index contributed by atoms with van der Waals surface area (Å²) < 4.78 is 36.6. The van der Waals surface area contributed by atoms with Crippen LogP contribution in [-0.4, -0.2) is 79.8 Å². The smallest absolute Gasteiger partial charge is 0.317 e. The average Bonchev–Trinajstić information content (AvgIpc) is 2.64. The number of halogens is 2. The van der Waals surface area contributed by atoms with Crippen LogP contribution in [0.2, 0.25) is 0 Å². The molecule has 0 aromatic heterocycles. The van der Waals surface area contributed by atoms with Gasteiger partial charge in [-0.1, -0.05) is 0 Å². The Hall–Kier alpha value is -2.17. The summed E-state index contributed by atoms with van der Waals surface area (Å²) >= 11 is 0. The lowest BCUT2D eigenvalue weighted by Crippen LogP contribution is -2.47. The van der Waals surface area contributed by atoms with Crippen LogP contribution in [0, 0.1) is 11.6 Å². The maximum absolute atomic E-state index is 13.2. The lowest BCUT2D eigenvalue weighted by atomic mass is 10.3. The molecule has 0 spiro atoms. The quantitative estimate of drug-likeness (QED) is 0.479. The number of carbonyl (C=O) groups excluding carboxylic acids is 1. The van der Waals surface area contributed by atoms with Gasteiger partial charge in [0.05, 0.1) is 13.2 Å². The number of carbonyl (C=O) groups is 1. The van der Waals surface area contributed by atoms with Crippen molar-refractivity contribution < 1.29 is 33.3 Å². The number of hydrogen-bond donors (Lipinski definition) is 4. The molecule has 1 fully saturated rings. The highest BCUT2D eigenvalue weighted by molar-refractivity contribution is 5.74. The molecule has 4 N–H and O–H groups in total. The SMILES string of the molecule is O=C(NCCNC[C@H](O)COc1cc(F)c(O)c(F)c1)N1CCOCC1. The minimum atomic E-state index is -1.14. The molecule has 1 atom stereocenters. The van der Waals surface area contributed by atoms with E-state index in [1.54, 1.807) is 4.90 Å². The Balaban J connectivity index is 1.57. The standard InChI is InChI=1S/C16H23F2N3O5/c17-13-7-12(8-14(18)15(13)23)26-10-11(22)9-19-1-2-20-16(24)21-3-5-25-6-4-21/h7-8,11,19,22-23H,1-6,9-10H2,(H,20,24)/t11-/m0/s1. The molecule has 1 aliphatic rings. The van der Waals surface area contributed by atoms with Crippen LogP contribution >= 0.6 is 0 Å². The van der Waals surface area contributed by atoms with Gasteiger partial charge >= 0.3 is 6.03 Å². The third kappa shape index (κ3) is 6.28. The Morgan fingerprint density at radius 2 is 1.92 bits per heavy atom. The van der Waals surface area contributed by atoms with Crippen molar-refractivity contribution in [1.82, 2.24) is 15.5 Å². The number of ether oxygens (including phenoxy) is 2. The first-order chi connectivity index (χ1) is 12.5. The van der Waals surface area contributed by atoms with E-state index in [0.29, 0.717) is 39.4 Å². The van der Waals surface area contributed by atoms with Crippen molar-refractivity contribution in [3.63, 3.8) is 0 Å². The molecule has 26 heavy (non-hydrogen) atoms. The van der Waals surface area contributed by atoms with Gasteiger partial charge in [0.25, 0.3) is 0 Å². The van der Waals surface area contributed by atoms with Gasteiger partial charge in [0.15, 0.2) is 17.4 Å². The van der Waals surface area contributed by atoms with Crippen LogP contribution in [0.25, 0.3) is 0 Å². The van der Waals surface area contributed by atoms with E-state index in [1.165, 1.54) is 0 Å². The predicted molar refractivity (Wildman–Crippen MR) is 88.2 cm³/mol. The number of aliphatic hydroxyl groups is 1. The van der Waals surface area contributed by atoms with Crippen molar-refractivity contribution >= 4 is 6.03 Å². The number of nitrogens with zero attached hydrogens (tertiary/aromatic N) is 1. The third-order valence-electron chi connectivity index (χ3n) is 3.69. The number of nitrogens with one attached hydrogen (secondary N) is 2. The molecule has 1 heterocycles. The fourth-order valence-corrected chi connectivity index (χ4v) is 2.28. The first-order valence-corrected chi connectivity index (χ1v) is 8.27. The van der Waals surface area contributed by atoms with Crippen LogP contribution in [0.3, 0.4) is 0 Å². The topological polar surface area (TPSA) is 103 Å². The summed E-state index contributed by atoms with van der Waals surface area (Å²) in [5.74, 6) is -3.47. The summed E-state index contributed by atoms with van der Waals surface area (Å²) in [5.41, 5.74) is 0. The van der Waals surface area contributed by atoms with E-state index in [-0.39, 0.29) is 24.9 Å². The number of phenolic OH excluding ortho intramolecular Hbond substituents is 1. The molecular weight excluding hydrogens is 352 g/mol. The van der Waals surface area contributed by atoms with E-state index >= 15 is 0 Å². The summed E-state index contributed by atoms with van der Waals surface area (Å²) in [5, 5.41) is 24.5. The Labute approximate surface area is 149 Å². The molecule has 1 aromatic carbocycles. The largest absolute Gasteiger partial charge is 0.503 e. The molecule has 0 unspecified atom stereocenters. The van der Waals surface area contributed by atoms with Crippen LogP contribution in [0.15, 0.2) is 12.1 Å². The number of benzene rings is 1. The summed E-state index contributed by atoms with van der Waals surface area (Å²) in [6.07, 6.45) is -0.912. The van der Waals surface area contributed by atoms with E-state index in [4.69, 9.17) is 14.6 Å². The fourth-order valence-electron chi connectivity index (χ4n) is 2.28. The van der Waals surface area contributed by atoms with Crippen molar-refractivity contribution in [2.45, 2.75) is 6.10 Å². The normalized spacial score (nSPS) is 15.6. The van der Waals surface area contributed by atoms with Crippen LogP contribution in [-0.2, 0) is 4.74 Å². The molecule has 1 aliphatic heterocycles. The second-order valence-corrected chi connectivity index (χ2v) is 5.74. The molecule has 0 radical (unpaired) electrons. The zero-order valence-electron chi connectivity index (χ0n) is 14.2. The van der Waals surface area contributed by atoms with Gasteiger partial charge in [0.1, 0.15) is 18.5 Å². The highest BCUT2D eigenvalue weighted by atomic mass is 19.1. The monoisotopic (exact) mass is 375 g/mol. The van der Waals surface area contributed by atoms with Crippen LogP contribution in [0.5, 0.6) is 11.5 Å². The van der Waals surface area contributed by atoms with Crippen molar-refractivity contribution in [3.8, 4) is 11.5 Å². The molecule has 0 bridgehead atoms. The van der Waals surface area contributed by atoms with Crippen molar-refractivity contribution in [3.05, 3.63) is 23.8 Å². The Morgan fingerprint density at radius 3 is 2.58 bits per heavy atom. The maximum Gasteiger partial charge on any atom is 0.317 e. The van der Waals surface area contributed by atoms with E-state index in [2.05, 4.69) is 10.6 Å². The van der Waals surface area contributed by atoms with Crippen molar-refractivity contribution in [1.29, 1.82) is 0 Å². The summed E-state index contributed by atoms with van der Waals surface area (Å²) in [6, 6.07) is 1.51. The number of phenols is 1. The van der Waals surface area contributed by atoms with Crippen molar-refractivity contribution in [2.75, 3.05) is 52.5 Å². The summed E-state index contributed by atoms with van der Waals surface area (Å²) in [7, 11) is 0. The highest BCUT2D eigenvalue weighted by Crippen LogP contribution is 2.25. The van der Waals surface area contributed by atoms with Gasteiger partial charge < -0.3 is 35.2 Å². The first kappa shape index (κ1) is 20.1. The van der Waals surface area contributed by atoms with Gasteiger partial charge in [-0.2, -0.15) is 0 Å². The maximum atomic E-state index is 13.2. The number of hydrogen-bond acceptors (Lipinski definition) is 6. The van der Waals surface area contributed by atoms with E-state index in [1.807, 2.05) is 0 Å². The second kappa shape index (κ2) is 10.1. The molecule has 1 saturated heterocycles. The lowest BCUT2D eigenvalue weighted by molar-refractivity contribution is 0.0532. The van der Waals surface area contributed by atoms with E-state index < -0.39 is 23.5 Å². The Morgan fingerprint density at radius 1 is 1.27 bits per heavy atom.